The number of aryl methyl sites for hydroxylation is 1. The van der Waals surface area contributed by atoms with Crippen molar-refractivity contribution in [2.24, 2.45) is 0 Å². The van der Waals surface area contributed by atoms with Gasteiger partial charge in [0.05, 0.1) is 25.6 Å². The highest BCUT2D eigenvalue weighted by Crippen LogP contribution is 2.25. The number of nitrogens with zero attached hydrogens (tertiary/aromatic N) is 1. The van der Waals surface area contributed by atoms with E-state index in [9.17, 15) is 13.2 Å². The van der Waals surface area contributed by atoms with Crippen LogP contribution in [0.2, 0.25) is 0 Å². The molecule has 7 heteroatoms. The van der Waals surface area contributed by atoms with Gasteiger partial charge in [0.1, 0.15) is 5.75 Å². The van der Waals surface area contributed by atoms with Gasteiger partial charge in [-0.05, 0) is 31.0 Å². The molecule has 1 rings (SSSR count). The quantitative estimate of drug-likeness (QED) is 0.792. The number of sulfonamides is 1. The Bertz CT molecular complexity index is 614. The zero-order valence-corrected chi connectivity index (χ0v) is 14.4. The summed E-state index contributed by atoms with van der Waals surface area (Å²) in [6.07, 6.45) is 2.69. The van der Waals surface area contributed by atoms with Crippen LogP contribution in [0.15, 0.2) is 18.2 Å². The summed E-state index contributed by atoms with van der Waals surface area (Å²) in [6.45, 7) is 4.01. The second-order valence-corrected chi connectivity index (χ2v) is 7.18. The fraction of sp³-hybridized carbons (Fsp3) is 0.533. The number of hydrogen-bond donors (Lipinski definition) is 1. The maximum absolute atomic E-state index is 12.1. The van der Waals surface area contributed by atoms with E-state index < -0.39 is 10.0 Å². The minimum atomic E-state index is -3.41. The number of hydrogen-bond acceptors (Lipinski definition) is 4. The Labute approximate surface area is 132 Å². The Balaban J connectivity index is 2.81. The molecule has 1 N–H and O–H groups in total. The SMILES string of the molecule is CCCCN(CC(=O)Nc1cc(C)ccc1OC)S(C)(=O)=O. The zero-order valence-electron chi connectivity index (χ0n) is 13.5. The number of benzene rings is 1. The van der Waals surface area contributed by atoms with Crippen molar-refractivity contribution in [3.63, 3.8) is 0 Å². The van der Waals surface area contributed by atoms with Crippen LogP contribution in [0.3, 0.4) is 0 Å². The summed E-state index contributed by atoms with van der Waals surface area (Å²) in [4.78, 5) is 12.1. The maximum Gasteiger partial charge on any atom is 0.239 e. The van der Waals surface area contributed by atoms with Crippen molar-refractivity contribution in [3.05, 3.63) is 23.8 Å². The molecule has 1 amide bonds. The molecule has 0 radical (unpaired) electrons. The third-order valence-electron chi connectivity index (χ3n) is 3.18. The number of anilines is 1. The van der Waals surface area contributed by atoms with Crippen LogP contribution in [0.4, 0.5) is 5.69 Å². The first kappa shape index (κ1) is 18.4. The Morgan fingerprint density at radius 2 is 2.05 bits per heavy atom. The van der Waals surface area contributed by atoms with Crippen LogP contribution in [0.5, 0.6) is 5.75 Å². The molecule has 124 valence electrons. The predicted octanol–water partition coefficient (Wildman–Crippen LogP) is 2.00. The van der Waals surface area contributed by atoms with Crippen LogP contribution in [0.1, 0.15) is 25.3 Å². The van der Waals surface area contributed by atoms with E-state index in [1.807, 2.05) is 19.9 Å². The molecule has 6 nitrogen and oxygen atoms in total. The number of rotatable bonds is 8. The number of nitrogens with one attached hydrogen (secondary N) is 1. The molecule has 0 aliphatic rings. The Morgan fingerprint density at radius 3 is 2.59 bits per heavy atom. The van der Waals surface area contributed by atoms with E-state index in [4.69, 9.17) is 4.74 Å². The molecule has 0 heterocycles. The fourth-order valence-electron chi connectivity index (χ4n) is 1.97. The van der Waals surface area contributed by atoms with Crippen LogP contribution in [0.25, 0.3) is 0 Å². The van der Waals surface area contributed by atoms with Gasteiger partial charge in [0.2, 0.25) is 15.9 Å². The molecule has 0 aliphatic carbocycles. The average molecular weight is 328 g/mol. The lowest BCUT2D eigenvalue weighted by Crippen LogP contribution is -2.38. The zero-order chi connectivity index (χ0) is 16.8. The molecule has 0 unspecified atom stereocenters. The Morgan fingerprint density at radius 1 is 1.36 bits per heavy atom. The van der Waals surface area contributed by atoms with Crippen LogP contribution in [0, 0.1) is 6.92 Å². The first-order chi connectivity index (χ1) is 10.3. The lowest BCUT2D eigenvalue weighted by Gasteiger charge is -2.19. The first-order valence-electron chi connectivity index (χ1n) is 7.17. The largest absolute Gasteiger partial charge is 0.495 e. The minimum Gasteiger partial charge on any atom is -0.495 e. The van der Waals surface area contributed by atoms with E-state index in [1.165, 1.54) is 11.4 Å². The molecule has 0 atom stereocenters. The second-order valence-electron chi connectivity index (χ2n) is 5.20. The fourth-order valence-corrected chi connectivity index (χ4v) is 2.78. The lowest BCUT2D eigenvalue weighted by atomic mass is 10.2. The van der Waals surface area contributed by atoms with Gasteiger partial charge in [-0.1, -0.05) is 19.4 Å². The molecular weight excluding hydrogens is 304 g/mol. The average Bonchev–Trinajstić information content (AvgIpc) is 2.42. The van der Waals surface area contributed by atoms with Crippen LogP contribution >= 0.6 is 0 Å². The molecule has 0 aliphatic heterocycles. The number of unbranched alkanes of at least 4 members (excludes halogenated alkanes) is 1. The summed E-state index contributed by atoms with van der Waals surface area (Å²) in [5.74, 6) is 0.156. The number of amides is 1. The smallest absolute Gasteiger partial charge is 0.239 e. The van der Waals surface area contributed by atoms with Crippen molar-refractivity contribution in [2.75, 3.05) is 31.8 Å². The third kappa shape index (κ3) is 5.65. The summed E-state index contributed by atoms with van der Waals surface area (Å²) in [7, 11) is -1.89. The van der Waals surface area contributed by atoms with E-state index in [1.54, 1.807) is 12.1 Å². The van der Waals surface area contributed by atoms with Crippen LogP contribution < -0.4 is 10.1 Å². The summed E-state index contributed by atoms with van der Waals surface area (Å²) in [5, 5.41) is 2.71. The van der Waals surface area contributed by atoms with Crippen molar-refractivity contribution >= 4 is 21.6 Å². The van der Waals surface area contributed by atoms with E-state index >= 15 is 0 Å². The van der Waals surface area contributed by atoms with Gasteiger partial charge >= 0.3 is 0 Å². The van der Waals surface area contributed by atoms with Gasteiger partial charge in [-0.2, -0.15) is 4.31 Å². The van der Waals surface area contributed by atoms with E-state index in [-0.39, 0.29) is 12.5 Å². The number of carbonyl (C=O) groups is 1. The van der Waals surface area contributed by atoms with Crippen molar-refractivity contribution in [2.45, 2.75) is 26.7 Å². The van der Waals surface area contributed by atoms with Gasteiger partial charge in [-0.25, -0.2) is 8.42 Å². The molecule has 0 fully saturated rings. The first-order valence-corrected chi connectivity index (χ1v) is 9.02. The minimum absolute atomic E-state index is 0.198. The normalized spacial score (nSPS) is 11.5. The van der Waals surface area contributed by atoms with Gasteiger partial charge in [-0.15, -0.1) is 0 Å². The molecule has 22 heavy (non-hydrogen) atoms. The molecule has 0 saturated heterocycles. The Kier molecular flexibility index (Phi) is 6.83. The molecule has 0 saturated carbocycles. The highest BCUT2D eigenvalue weighted by Gasteiger charge is 2.20. The summed E-state index contributed by atoms with van der Waals surface area (Å²) < 4.78 is 29.8. The standard InChI is InChI=1S/C15H24N2O4S/c1-5-6-9-17(22(4,19)20)11-15(18)16-13-10-12(2)7-8-14(13)21-3/h7-8,10H,5-6,9,11H2,1-4H3,(H,16,18). The van der Waals surface area contributed by atoms with Gasteiger partial charge in [-0.3, -0.25) is 4.79 Å². The topological polar surface area (TPSA) is 75.7 Å². The number of methoxy groups -OCH3 is 1. The van der Waals surface area contributed by atoms with Crippen molar-refractivity contribution in [3.8, 4) is 5.75 Å². The number of ether oxygens (including phenoxy) is 1. The molecular formula is C15H24N2O4S. The lowest BCUT2D eigenvalue weighted by molar-refractivity contribution is -0.116. The van der Waals surface area contributed by atoms with Crippen molar-refractivity contribution in [1.29, 1.82) is 0 Å². The van der Waals surface area contributed by atoms with Crippen LogP contribution in [-0.4, -0.2) is 45.1 Å². The molecule has 1 aromatic carbocycles. The second kappa shape index (κ2) is 8.14. The monoisotopic (exact) mass is 328 g/mol. The van der Waals surface area contributed by atoms with Crippen molar-refractivity contribution in [1.82, 2.24) is 4.31 Å². The third-order valence-corrected chi connectivity index (χ3v) is 4.43. The maximum atomic E-state index is 12.1. The Hall–Kier alpha value is -1.60. The van der Waals surface area contributed by atoms with Gasteiger partial charge in [0.15, 0.2) is 0 Å². The molecule has 0 spiro atoms. The van der Waals surface area contributed by atoms with Crippen LogP contribution in [-0.2, 0) is 14.8 Å². The molecule has 1 aromatic rings. The molecule has 0 bridgehead atoms. The van der Waals surface area contributed by atoms with Gasteiger partial charge in [0, 0.05) is 6.54 Å². The van der Waals surface area contributed by atoms with E-state index in [0.29, 0.717) is 24.4 Å². The highest BCUT2D eigenvalue weighted by molar-refractivity contribution is 7.88. The summed E-state index contributed by atoms with van der Waals surface area (Å²) in [6, 6.07) is 5.42. The van der Waals surface area contributed by atoms with Crippen molar-refractivity contribution < 1.29 is 17.9 Å². The summed E-state index contributed by atoms with van der Waals surface area (Å²) in [5.41, 5.74) is 1.51. The van der Waals surface area contributed by atoms with Gasteiger partial charge in [0.25, 0.3) is 0 Å². The highest BCUT2D eigenvalue weighted by atomic mass is 32.2. The van der Waals surface area contributed by atoms with Gasteiger partial charge < -0.3 is 10.1 Å². The summed E-state index contributed by atoms with van der Waals surface area (Å²) >= 11 is 0. The van der Waals surface area contributed by atoms with E-state index in [0.717, 1.165) is 18.2 Å². The molecule has 0 aromatic heterocycles. The number of carbonyl (C=O) groups excluding carboxylic acids is 1. The predicted molar refractivity (Wildman–Crippen MR) is 87.7 cm³/mol. The van der Waals surface area contributed by atoms with E-state index in [2.05, 4.69) is 5.32 Å².